The van der Waals surface area contributed by atoms with Gasteiger partial charge in [0.2, 0.25) is 0 Å². The lowest BCUT2D eigenvalue weighted by atomic mass is 10.1. The number of thioether (sulfide) groups is 1. The van der Waals surface area contributed by atoms with Crippen molar-refractivity contribution in [1.82, 2.24) is 9.78 Å². The van der Waals surface area contributed by atoms with Gasteiger partial charge < -0.3 is 4.74 Å². The molecule has 1 aliphatic rings. The summed E-state index contributed by atoms with van der Waals surface area (Å²) in [6.45, 7) is 0. The summed E-state index contributed by atoms with van der Waals surface area (Å²) in [6.07, 6.45) is 1.14. The molecular weight excluding hydrogens is 454 g/mol. The number of benzene rings is 2. The molecule has 0 aliphatic carbocycles. The summed E-state index contributed by atoms with van der Waals surface area (Å²) in [5.74, 6) is -1.09. The van der Waals surface area contributed by atoms with Crippen molar-refractivity contribution < 1.29 is 14.3 Å². The molecule has 0 saturated carbocycles. The first-order valence-electron chi connectivity index (χ1n) is 8.57. The topological polar surface area (TPSA) is 73.6 Å². The molecule has 1 aliphatic heterocycles. The molecule has 2 heterocycles. The quantitative estimate of drug-likeness (QED) is 0.418. The van der Waals surface area contributed by atoms with Crippen LogP contribution in [-0.4, -0.2) is 33.9 Å². The molecular formula is C21H14BrN3O3S. The largest absolute Gasteiger partial charge is 0.466 e. The number of aromatic nitrogens is 2. The second-order valence-corrected chi connectivity index (χ2v) is 7.96. The maximum Gasteiger partial charge on any atom is 0.331 e. The van der Waals surface area contributed by atoms with Gasteiger partial charge >= 0.3 is 5.97 Å². The number of aliphatic imine (C=N–C) groups is 1. The van der Waals surface area contributed by atoms with Crippen LogP contribution in [0.5, 0.6) is 0 Å². The Morgan fingerprint density at radius 2 is 1.83 bits per heavy atom. The number of esters is 1. The van der Waals surface area contributed by atoms with Crippen molar-refractivity contribution in [2.24, 2.45) is 4.99 Å². The van der Waals surface area contributed by atoms with E-state index >= 15 is 0 Å². The number of amides is 1. The molecule has 8 heteroatoms. The molecule has 2 aromatic carbocycles. The minimum atomic E-state index is -0.601. The molecule has 6 nitrogen and oxygen atoms in total. The molecule has 1 aromatic heterocycles. The Kier molecular flexibility index (Phi) is 5.46. The van der Waals surface area contributed by atoms with E-state index in [0.717, 1.165) is 44.8 Å². The van der Waals surface area contributed by atoms with Crippen molar-refractivity contribution in [1.29, 1.82) is 0 Å². The molecule has 144 valence electrons. The third-order valence-electron chi connectivity index (χ3n) is 4.16. The number of halogens is 1. The molecule has 0 saturated heterocycles. The van der Waals surface area contributed by atoms with Crippen LogP contribution in [0.25, 0.3) is 22.5 Å². The van der Waals surface area contributed by atoms with Gasteiger partial charge in [-0.05, 0) is 30.0 Å². The van der Waals surface area contributed by atoms with Crippen LogP contribution in [0.3, 0.4) is 0 Å². The second kappa shape index (κ2) is 8.18. The lowest BCUT2D eigenvalue weighted by Gasteiger charge is -2.06. The number of hydrogen-bond acceptors (Lipinski definition) is 5. The number of methoxy groups -OCH3 is 1. The van der Waals surface area contributed by atoms with E-state index in [2.05, 4.69) is 30.8 Å². The second-order valence-electron chi connectivity index (χ2n) is 6.03. The highest BCUT2D eigenvalue weighted by molar-refractivity contribution is 9.10. The number of ether oxygens (including phenoxy) is 1. The summed E-state index contributed by atoms with van der Waals surface area (Å²) < 4.78 is 7.20. The van der Waals surface area contributed by atoms with E-state index < -0.39 is 11.9 Å². The van der Waals surface area contributed by atoms with Gasteiger partial charge in [0.05, 0.1) is 23.4 Å². The van der Waals surface area contributed by atoms with Gasteiger partial charge in [-0.15, -0.1) is 0 Å². The van der Waals surface area contributed by atoms with E-state index in [1.807, 2.05) is 60.7 Å². The summed E-state index contributed by atoms with van der Waals surface area (Å²) in [5.41, 5.74) is 3.41. The summed E-state index contributed by atoms with van der Waals surface area (Å²) in [7, 11) is 1.26. The molecule has 0 atom stereocenters. The zero-order valence-corrected chi connectivity index (χ0v) is 17.6. The van der Waals surface area contributed by atoms with Crippen LogP contribution in [0, 0.1) is 0 Å². The van der Waals surface area contributed by atoms with Crippen molar-refractivity contribution in [2.45, 2.75) is 0 Å². The van der Waals surface area contributed by atoms with E-state index in [1.54, 1.807) is 4.68 Å². The Balaban J connectivity index is 1.80. The third kappa shape index (κ3) is 4.08. The summed E-state index contributed by atoms with van der Waals surface area (Å²) in [6, 6.07) is 19.5. The highest BCUT2D eigenvalue weighted by Gasteiger charge is 2.27. The Hall–Kier alpha value is -2.97. The monoisotopic (exact) mass is 467 g/mol. The van der Waals surface area contributed by atoms with Crippen LogP contribution < -0.4 is 0 Å². The van der Waals surface area contributed by atoms with Gasteiger partial charge in [-0.25, -0.2) is 9.48 Å². The Morgan fingerprint density at radius 1 is 1.10 bits per heavy atom. The van der Waals surface area contributed by atoms with Crippen LogP contribution in [0.1, 0.15) is 0 Å². The standard InChI is InChI=1S/C21H14BrN3O3S/c1-28-19(26)12-18-20(27)23-21(29-18)25-17(14-7-9-15(22)10-8-14)11-16(24-25)13-5-3-2-4-6-13/h2-12H,1H3/b18-12-. The fourth-order valence-corrected chi connectivity index (χ4v) is 3.86. The van der Waals surface area contributed by atoms with Crippen LogP contribution in [0.4, 0.5) is 0 Å². The predicted molar refractivity (Wildman–Crippen MR) is 116 cm³/mol. The first-order chi connectivity index (χ1) is 14.0. The van der Waals surface area contributed by atoms with E-state index in [-0.39, 0.29) is 4.91 Å². The molecule has 0 radical (unpaired) electrons. The molecule has 0 N–H and O–H groups in total. The van der Waals surface area contributed by atoms with Crippen molar-refractivity contribution in [3.05, 3.63) is 76.1 Å². The lowest BCUT2D eigenvalue weighted by Crippen LogP contribution is -2.09. The van der Waals surface area contributed by atoms with Gasteiger partial charge in [0.25, 0.3) is 5.91 Å². The average Bonchev–Trinajstić information content (AvgIpc) is 3.33. The number of nitrogens with zero attached hydrogens (tertiary/aromatic N) is 3. The molecule has 0 bridgehead atoms. The summed E-state index contributed by atoms with van der Waals surface area (Å²) in [5, 5.41) is 5.07. The van der Waals surface area contributed by atoms with Crippen LogP contribution in [0.2, 0.25) is 0 Å². The zero-order chi connectivity index (χ0) is 20.4. The van der Waals surface area contributed by atoms with Crippen molar-refractivity contribution >= 4 is 44.7 Å². The summed E-state index contributed by atoms with van der Waals surface area (Å²) in [4.78, 5) is 28.1. The van der Waals surface area contributed by atoms with Gasteiger partial charge in [-0.1, -0.05) is 58.4 Å². The minimum Gasteiger partial charge on any atom is -0.466 e. The molecule has 4 rings (SSSR count). The Bertz CT molecular complexity index is 1150. The van der Waals surface area contributed by atoms with Crippen LogP contribution in [0.15, 0.2) is 81.1 Å². The van der Waals surface area contributed by atoms with Gasteiger partial charge in [0.15, 0.2) is 5.17 Å². The van der Waals surface area contributed by atoms with Crippen molar-refractivity contribution in [3.63, 3.8) is 0 Å². The van der Waals surface area contributed by atoms with E-state index in [0.29, 0.717) is 5.17 Å². The van der Waals surface area contributed by atoms with Gasteiger partial charge in [-0.2, -0.15) is 10.1 Å². The first-order valence-corrected chi connectivity index (χ1v) is 10.2. The highest BCUT2D eigenvalue weighted by atomic mass is 79.9. The maximum absolute atomic E-state index is 12.2. The van der Waals surface area contributed by atoms with Crippen LogP contribution >= 0.6 is 27.7 Å². The van der Waals surface area contributed by atoms with E-state index in [4.69, 9.17) is 0 Å². The van der Waals surface area contributed by atoms with E-state index in [1.165, 1.54) is 7.11 Å². The molecule has 0 spiro atoms. The molecule has 0 fully saturated rings. The lowest BCUT2D eigenvalue weighted by molar-refractivity contribution is -0.135. The maximum atomic E-state index is 12.2. The summed E-state index contributed by atoms with van der Waals surface area (Å²) >= 11 is 4.53. The minimum absolute atomic E-state index is 0.199. The number of carbonyl (C=O) groups excluding carboxylic acids is 2. The fourth-order valence-electron chi connectivity index (χ4n) is 2.76. The number of hydrogen-bond donors (Lipinski definition) is 0. The molecule has 0 unspecified atom stereocenters. The molecule has 29 heavy (non-hydrogen) atoms. The normalized spacial score (nSPS) is 14.9. The molecule has 3 aromatic rings. The number of carbonyl (C=O) groups is 2. The Labute approximate surface area is 179 Å². The van der Waals surface area contributed by atoms with Gasteiger partial charge in [-0.3, -0.25) is 4.79 Å². The first kappa shape index (κ1) is 19.4. The fraction of sp³-hybridized carbons (Fsp3) is 0.0476. The number of rotatable bonds is 3. The SMILES string of the molecule is COC(=O)/C=C1\SC(n2nc(-c3ccccc3)cc2-c2ccc(Br)cc2)=NC1=O. The Morgan fingerprint density at radius 3 is 2.52 bits per heavy atom. The van der Waals surface area contributed by atoms with E-state index in [9.17, 15) is 9.59 Å². The zero-order valence-electron chi connectivity index (χ0n) is 15.2. The smallest absolute Gasteiger partial charge is 0.331 e. The molecule has 1 amide bonds. The highest BCUT2D eigenvalue weighted by Crippen LogP contribution is 2.33. The van der Waals surface area contributed by atoms with Crippen LogP contribution in [-0.2, 0) is 14.3 Å². The van der Waals surface area contributed by atoms with Gasteiger partial charge in [0, 0.05) is 21.7 Å². The third-order valence-corrected chi connectivity index (χ3v) is 5.65. The van der Waals surface area contributed by atoms with Crippen molar-refractivity contribution in [2.75, 3.05) is 7.11 Å². The average molecular weight is 468 g/mol. The van der Waals surface area contributed by atoms with Crippen molar-refractivity contribution in [3.8, 4) is 22.5 Å². The predicted octanol–water partition coefficient (Wildman–Crippen LogP) is 4.51. The van der Waals surface area contributed by atoms with Gasteiger partial charge in [0.1, 0.15) is 0 Å².